The van der Waals surface area contributed by atoms with Crippen LogP contribution in [0.3, 0.4) is 0 Å². The quantitative estimate of drug-likeness (QED) is 0.399. The van der Waals surface area contributed by atoms with E-state index in [-0.39, 0.29) is 30.5 Å². The van der Waals surface area contributed by atoms with Crippen LogP contribution in [0.15, 0.2) is 64.5 Å². The SMILES string of the molecule is Cc1ccccc1C1c2ccsc2CCN1C(=O)CN(CC1CCCO1)C(=O)c1cccc(Br)c1. The zero-order valence-corrected chi connectivity index (χ0v) is 22.2. The fourth-order valence-electron chi connectivity index (χ4n) is 5.13. The molecule has 182 valence electrons. The van der Waals surface area contributed by atoms with Gasteiger partial charge in [-0.15, -0.1) is 11.3 Å². The minimum Gasteiger partial charge on any atom is -0.376 e. The number of carbonyl (C=O) groups excluding carboxylic acids is 2. The number of hydrogen-bond donors (Lipinski definition) is 0. The van der Waals surface area contributed by atoms with Crippen LogP contribution in [-0.2, 0) is 16.0 Å². The molecule has 1 aromatic heterocycles. The number of amides is 2. The number of thiophene rings is 1. The molecule has 2 unspecified atom stereocenters. The van der Waals surface area contributed by atoms with Crippen LogP contribution in [0.1, 0.15) is 50.8 Å². The van der Waals surface area contributed by atoms with E-state index >= 15 is 0 Å². The Morgan fingerprint density at radius 3 is 2.77 bits per heavy atom. The van der Waals surface area contributed by atoms with Crippen molar-refractivity contribution in [3.8, 4) is 0 Å². The summed E-state index contributed by atoms with van der Waals surface area (Å²) < 4.78 is 6.68. The van der Waals surface area contributed by atoms with Gasteiger partial charge in [0.15, 0.2) is 0 Å². The molecule has 5 nitrogen and oxygen atoms in total. The molecule has 35 heavy (non-hydrogen) atoms. The molecule has 2 aliphatic heterocycles. The van der Waals surface area contributed by atoms with Gasteiger partial charge in [-0.1, -0.05) is 46.3 Å². The molecule has 0 aliphatic carbocycles. The van der Waals surface area contributed by atoms with Crippen LogP contribution in [-0.4, -0.2) is 54.0 Å². The van der Waals surface area contributed by atoms with Crippen molar-refractivity contribution in [3.63, 3.8) is 0 Å². The third-order valence-corrected chi connectivity index (χ3v) is 8.39. The molecule has 2 amide bonds. The highest BCUT2D eigenvalue weighted by molar-refractivity contribution is 9.10. The van der Waals surface area contributed by atoms with Crippen LogP contribution in [0.4, 0.5) is 0 Å². The minimum absolute atomic E-state index is 0.0311. The third kappa shape index (κ3) is 5.22. The summed E-state index contributed by atoms with van der Waals surface area (Å²) in [6.45, 7) is 3.90. The average Bonchev–Trinajstić information content (AvgIpc) is 3.55. The number of benzene rings is 2. The maximum atomic E-state index is 13.9. The topological polar surface area (TPSA) is 49.9 Å². The monoisotopic (exact) mass is 552 g/mol. The Balaban J connectivity index is 1.44. The van der Waals surface area contributed by atoms with Gasteiger partial charge in [-0.2, -0.15) is 0 Å². The van der Waals surface area contributed by atoms with Gasteiger partial charge in [0.1, 0.15) is 6.54 Å². The summed E-state index contributed by atoms with van der Waals surface area (Å²) in [4.78, 5) is 32.4. The predicted octanol–water partition coefficient (Wildman–Crippen LogP) is 5.61. The normalized spacial score (nSPS) is 19.4. The summed E-state index contributed by atoms with van der Waals surface area (Å²) in [7, 11) is 0. The Morgan fingerprint density at radius 2 is 2.00 bits per heavy atom. The van der Waals surface area contributed by atoms with Crippen LogP contribution < -0.4 is 0 Å². The maximum Gasteiger partial charge on any atom is 0.254 e. The standard InChI is InChI=1S/C28H29BrN2O3S/c1-19-6-2-3-10-23(19)27-24-12-15-35-25(24)11-13-31(27)26(32)18-30(17-22-9-5-14-34-22)28(33)20-7-4-8-21(29)16-20/h2-4,6-8,10,12,15-16,22,27H,5,9,11,13-14,17-18H2,1H3. The largest absolute Gasteiger partial charge is 0.376 e. The Bertz CT molecular complexity index is 1220. The molecular formula is C28H29BrN2O3S. The second-order valence-electron chi connectivity index (χ2n) is 9.23. The van der Waals surface area contributed by atoms with E-state index in [0.717, 1.165) is 34.9 Å². The molecule has 5 rings (SSSR count). The van der Waals surface area contributed by atoms with E-state index in [9.17, 15) is 9.59 Å². The number of nitrogens with zero attached hydrogens (tertiary/aromatic N) is 2. The first-order valence-corrected chi connectivity index (χ1v) is 13.8. The highest BCUT2D eigenvalue weighted by Gasteiger charge is 2.35. The lowest BCUT2D eigenvalue weighted by atomic mass is 9.90. The summed E-state index contributed by atoms with van der Waals surface area (Å²) in [5.74, 6) is -0.174. The van der Waals surface area contributed by atoms with Crippen molar-refractivity contribution in [2.24, 2.45) is 0 Å². The molecule has 2 atom stereocenters. The van der Waals surface area contributed by atoms with Crippen molar-refractivity contribution >= 4 is 39.1 Å². The van der Waals surface area contributed by atoms with Crippen LogP contribution in [0, 0.1) is 6.92 Å². The number of rotatable bonds is 6. The molecular weight excluding hydrogens is 524 g/mol. The Kier molecular flexibility index (Phi) is 7.37. The fraction of sp³-hybridized carbons (Fsp3) is 0.357. The van der Waals surface area contributed by atoms with Crippen molar-refractivity contribution in [1.82, 2.24) is 9.80 Å². The van der Waals surface area contributed by atoms with Crippen molar-refractivity contribution < 1.29 is 14.3 Å². The lowest BCUT2D eigenvalue weighted by molar-refractivity contribution is -0.134. The van der Waals surface area contributed by atoms with Gasteiger partial charge in [-0.05, 0) is 72.5 Å². The van der Waals surface area contributed by atoms with Gasteiger partial charge in [0.2, 0.25) is 5.91 Å². The van der Waals surface area contributed by atoms with Gasteiger partial charge >= 0.3 is 0 Å². The molecule has 0 spiro atoms. The first kappa shape index (κ1) is 24.2. The van der Waals surface area contributed by atoms with Crippen molar-refractivity contribution in [2.45, 2.75) is 38.3 Å². The summed E-state index contributed by atoms with van der Waals surface area (Å²) in [5.41, 5.74) is 4.08. The van der Waals surface area contributed by atoms with Crippen LogP contribution in [0.2, 0.25) is 0 Å². The first-order valence-electron chi connectivity index (χ1n) is 12.1. The van der Waals surface area contributed by atoms with Gasteiger partial charge in [-0.3, -0.25) is 9.59 Å². The molecule has 0 bridgehead atoms. The van der Waals surface area contributed by atoms with Gasteiger partial charge in [0, 0.05) is 34.6 Å². The number of aryl methyl sites for hydroxylation is 1. The molecule has 0 radical (unpaired) electrons. The highest BCUT2D eigenvalue weighted by atomic mass is 79.9. The second kappa shape index (κ2) is 10.6. The third-order valence-electron chi connectivity index (χ3n) is 6.90. The number of ether oxygens (including phenoxy) is 1. The molecule has 1 saturated heterocycles. The zero-order chi connectivity index (χ0) is 24.4. The minimum atomic E-state index is -0.143. The molecule has 3 aromatic rings. The lowest BCUT2D eigenvalue weighted by Crippen LogP contribution is -2.48. The summed E-state index contributed by atoms with van der Waals surface area (Å²) in [6.07, 6.45) is 2.70. The maximum absolute atomic E-state index is 13.9. The summed E-state index contributed by atoms with van der Waals surface area (Å²) >= 11 is 5.22. The average molecular weight is 554 g/mol. The van der Waals surface area contributed by atoms with E-state index in [1.165, 1.54) is 10.4 Å². The van der Waals surface area contributed by atoms with Crippen LogP contribution >= 0.6 is 27.3 Å². The molecule has 3 heterocycles. The molecule has 1 fully saturated rings. The van der Waals surface area contributed by atoms with Gasteiger partial charge in [0.25, 0.3) is 5.91 Å². The Labute approximate surface area is 218 Å². The number of carbonyl (C=O) groups is 2. The van der Waals surface area contributed by atoms with E-state index in [4.69, 9.17) is 4.74 Å². The molecule has 2 aliphatic rings. The zero-order valence-electron chi connectivity index (χ0n) is 19.8. The summed E-state index contributed by atoms with van der Waals surface area (Å²) in [6, 6.07) is 17.6. The summed E-state index contributed by atoms with van der Waals surface area (Å²) in [5, 5.41) is 2.12. The smallest absolute Gasteiger partial charge is 0.254 e. The highest BCUT2D eigenvalue weighted by Crippen LogP contribution is 2.39. The Hall–Kier alpha value is -2.48. The van der Waals surface area contributed by atoms with E-state index < -0.39 is 0 Å². The van der Waals surface area contributed by atoms with E-state index in [1.807, 2.05) is 35.2 Å². The second-order valence-corrected chi connectivity index (χ2v) is 11.1. The van der Waals surface area contributed by atoms with Gasteiger partial charge in [0.05, 0.1) is 12.1 Å². The van der Waals surface area contributed by atoms with E-state index in [2.05, 4.69) is 46.4 Å². The van der Waals surface area contributed by atoms with E-state index in [0.29, 0.717) is 25.3 Å². The lowest BCUT2D eigenvalue weighted by Gasteiger charge is -2.38. The van der Waals surface area contributed by atoms with Crippen molar-refractivity contribution in [2.75, 3.05) is 26.2 Å². The predicted molar refractivity (Wildman–Crippen MR) is 142 cm³/mol. The van der Waals surface area contributed by atoms with E-state index in [1.54, 1.807) is 22.3 Å². The number of hydrogen-bond acceptors (Lipinski definition) is 4. The number of halogens is 1. The van der Waals surface area contributed by atoms with Crippen LogP contribution in [0.5, 0.6) is 0 Å². The van der Waals surface area contributed by atoms with Gasteiger partial charge < -0.3 is 14.5 Å². The molecule has 0 N–H and O–H groups in total. The molecule has 7 heteroatoms. The molecule has 2 aromatic carbocycles. The molecule has 0 saturated carbocycles. The number of fused-ring (bicyclic) bond motifs is 1. The first-order chi connectivity index (χ1) is 17.0. The van der Waals surface area contributed by atoms with Crippen molar-refractivity contribution in [1.29, 1.82) is 0 Å². The Morgan fingerprint density at radius 1 is 1.14 bits per heavy atom. The van der Waals surface area contributed by atoms with Gasteiger partial charge in [-0.25, -0.2) is 0 Å². The van der Waals surface area contributed by atoms with Crippen LogP contribution in [0.25, 0.3) is 0 Å². The fourth-order valence-corrected chi connectivity index (χ4v) is 6.43. The van der Waals surface area contributed by atoms with Crippen molar-refractivity contribution in [3.05, 3.63) is 91.6 Å².